The van der Waals surface area contributed by atoms with E-state index in [1.807, 2.05) is 41.2 Å². The topological polar surface area (TPSA) is 109 Å². The highest BCUT2D eigenvalue weighted by molar-refractivity contribution is 7.08. The molecule has 11 nitrogen and oxygen atoms in total. The van der Waals surface area contributed by atoms with Crippen molar-refractivity contribution in [3.05, 3.63) is 77.0 Å². The van der Waals surface area contributed by atoms with E-state index < -0.39 is 0 Å². The maximum atomic E-state index is 5.56. The first-order valence-corrected chi connectivity index (χ1v) is 14.5. The maximum absolute atomic E-state index is 5.56. The van der Waals surface area contributed by atoms with Crippen molar-refractivity contribution in [2.75, 3.05) is 43.2 Å². The largest absolute Gasteiger partial charge is 0.454 e. The third-order valence-electron chi connectivity index (χ3n) is 7.53. The second-order valence-electron chi connectivity index (χ2n) is 10.1. The van der Waals surface area contributed by atoms with Gasteiger partial charge >= 0.3 is 0 Å². The van der Waals surface area contributed by atoms with Gasteiger partial charge in [-0.15, -0.1) is 0 Å². The van der Waals surface area contributed by atoms with E-state index in [0.717, 1.165) is 77.9 Å². The lowest BCUT2D eigenvalue weighted by Gasteiger charge is -2.34. The molecule has 4 aromatic heterocycles. The molecular weight excluding hydrogens is 538 g/mol. The zero-order valence-corrected chi connectivity index (χ0v) is 23.0. The predicted molar refractivity (Wildman–Crippen MR) is 158 cm³/mol. The Balaban J connectivity index is 1.04. The SMILES string of the molecule is c1ccc2[nH]c(CNc3nc(N4CCN(Cc5ccc6c(c5)OCO6)CC4)nc4c3ncn4-c3ccsc3)nc2c1. The monoisotopic (exact) mass is 565 g/mol. The summed E-state index contributed by atoms with van der Waals surface area (Å²) < 4.78 is 13.0. The van der Waals surface area contributed by atoms with E-state index in [9.17, 15) is 0 Å². The summed E-state index contributed by atoms with van der Waals surface area (Å²) in [6.45, 7) is 5.11. The average molecular weight is 566 g/mol. The number of hydrogen-bond acceptors (Lipinski definition) is 10. The third kappa shape index (κ3) is 4.60. The van der Waals surface area contributed by atoms with Gasteiger partial charge in [0.2, 0.25) is 12.7 Å². The van der Waals surface area contributed by atoms with Crippen molar-refractivity contribution in [1.29, 1.82) is 0 Å². The molecule has 1 saturated heterocycles. The number of benzene rings is 2. The molecule has 0 aliphatic carbocycles. The molecule has 2 N–H and O–H groups in total. The standard InChI is InChI=1S/C29H27N9O2S/c1-2-4-22-21(3-1)32-25(33-22)14-30-27-26-28(38(17-31-26)20-7-12-41-16-20)35-29(34-27)37-10-8-36(9-11-37)15-19-5-6-23-24(13-19)40-18-39-23/h1-7,12-13,16-17H,8-11,14-15,18H2,(H,32,33)(H,30,34,35). The lowest BCUT2D eigenvalue weighted by molar-refractivity contribution is 0.174. The fourth-order valence-electron chi connectivity index (χ4n) is 5.40. The zero-order valence-electron chi connectivity index (χ0n) is 22.2. The van der Waals surface area contributed by atoms with Crippen molar-refractivity contribution < 1.29 is 9.47 Å². The van der Waals surface area contributed by atoms with E-state index >= 15 is 0 Å². The summed E-state index contributed by atoms with van der Waals surface area (Å²) in [4.78, 5) is 27.5. The number of thiophene rings is 1. The summed E-state index contributed by atoms with van der Waals surface area (Å²) in [5, 5.41) is 7.64. The first-order chi connectivity index (χ1) is 20.3. The Kier molecular flexibility index (Phi) is 5.92. The Labute approximate surface area is 239 Å². The summed E-state index contributed by atoms with van der Waals surface area (Å²) in [6.07, 6.45) is 1.82. The number of ether oxygens (including phenoxy) is 2. The van der Waals surface area contributed by atoms with E-state index in [1.54, 1.807) is 11.3 Å². The van der Waals surface area contributed by atoms with E-state index in [4.69, 9.17) is 29.4 Å². The van der Waals surface area contributed by atoms with Gasteiger partial charge < -0.3 is 24.7 Å². The molecule has 206 valence electrons. The van der Waals surface area contributed by atoms with Crippen LogP contribution in [0.5, 0.6) is 11.5 Å². The van der Waals surface area contributed by atoms with Crippen molar-refractivity contribution in [2.45, 2.75) is 13.1 Å². The number of para-hydroxylation sites is 2. The number of piperazine rings is 1. The van der Waals surface area contributed by atoms with Crippen LogP contribution in [0.4, 0.5) is 11.8 Å². The number of rotatable bonds is 7. The quantitative estimate of drug-likeness (QED) is 0.291. The van der Waals surface area contributed by atoms with E-state index in [2.05, 4.69) is 49.1 Å². The Morgan fingerprint density at radius 3 is 2.73 bits per heavy atom. The lowest BCUT2D eigenvalue weighted by Crippen LogP contribution is -2.46. The molecule has 2 aliphatic heterocycles. The minimum absolute atomic E-state index is 0.294. The molecule has 2 aromatic carbocycles. The fourth-order valence-corrected chi connectivity index (χ4v) is 6.02. The molecule has 0 radical (unpaired) electrons. The Bertz CT molecular complexity index is 1810. The summed E-state index contributed by atoms with van der Waals surface area (Å²) in [7, 11) is 0. The molecule has 6 aromatic rings. The molecule has 0 amide bonds. The van der Waals surface area contributed by atoms with Crippen LogP contribution in [0.2, 0.25) is 0 Å². The van der Waals surface area contributed by atoms with Gasteiger partial charge in [0.25, 0.3) is 0 Å². The fraction of sp³-hybridized carbons (Fsp3) is 0.241. The van der Waals surface area contributed by atoms with Gasteiger partial charge in [0, 0.05) is 38.1 Å². The summed E-state index contributed by atoms with van der Waals surface area (Å²) in [5.41, 5.74) is 5.73. The molecule has 6 heterocycles. The number of imidazole rings is 2. The number of nitrogens with zero attached hydrogens (tertiary/aromatic N) is 7. The van der Waals surface area contributed by atoms with Crippen molar-refractivity contribution in [1.82, 2.24) is 34.4 Å². The first kappa shape index (κ1) is 24.1. The van der Waals surface area contributed by atoms with Crippen LogP contribution in [-0.4, -0.2) is 67.4 Å². The van der Waals surface area contributed by atoms with Gasteiger partial charge in [0.1, 0.15) is 12.2 Å². The number of fused-ring (bicyclic) bond motifs is 3. The van der Waals surface area contributed by atoms with Gasteiger partial charge in [-0.25, -0.2) is 9.97 Å². The van der Waals surface area contributed by atoms with Gasteiger partial charge in [-0.2, -0.15) is 21.3 Å². The lowest BCUT2D eigenvalue weighted by atomic mass is 10.1. The second-order valence-corrected chi connectivity index (χ2v) is 10.9. The molecule has 0 spiro atoms. The average Bonchev–Trinajstić information content (AvgIpc) is 3.82. The summed E-state index contributed by atoms with van der Waals surface area (Å²) in [5.74, 6) is 3.88. The van der Waals surface area contributed by atoms with Crippen LogP contribution in [0.1, 0.15) is 11.4 Å². The molecule has 12 heteroatoms. The molecule has 0 saturated carbocycles. The van der Waals surface area contributed by atoms with Crippen LogP contribution >= 0.6 is 11.3 Å². The number of hydrogen-bond donors (Lipinski definition) is 2. The first-order valence-electron chi connectivity index (χ1n) is 13.6. The summed E-state index contributed by atoms with van der Waals surface area (Å²) >= 11 is 1.65. The van der Waals surface area contributed by atoms with Crippen LogP contribution < -0.4 is 19.7 Å². The van der Waals surface area contributed by atoms with Crippen molar-refractivity contribution >= 4 is 45.3 Å². The normalized spacial score (nSPS) is 15.3. The second kappa shape index (κ2) is 10.1. The van der Waals surface area contributed by atoms with Gasteiger partial charge in [0.15, 0.2) is 28.5 Å². The Hall–Kier alpha value is -4.68. The molecule has 8 rings (SSSR count). The molecule has 0 atom stereocenters. The van der Waals surface area contributed by atoms with Gasteiger partial charge in [-0.1, -0.05) is 18.2 Å². The van der Waals surface area contributed by atoms with Crippen LogP contribution in [0.3, 0.4) is 0 Å². The number of anilines is 2. The minimum atomic E-state index is 0.294. The summed E-state index contributed by atoms with van der Waals surface area (Å²) in [6, 6.07) is 16.3. The minimum Gasteiger partial charge on any atom is -0.454 e. The van der Waals surface area contributed by atoms with E-state index in [1.165, 1.54) is 5.56 Å². The number of aromatic nitrogens is 6. The van der Waals surface area contributed by atoms with Gasteiger partial charge in [-0.05, 0) is 41.3 Å². The molecule has 2 aliphatic rings. The zero-order chi connectivity index (χ0) is 27.2. The van der Waals surface area contributed by atoms with E-state index in [-0.39, 0.29) is 0 Å². The smallest absolute Gasteiger partial charge is 0.231 e. The molecule has 0 bridgehead atoms. The molecule has 0 unspecified atom stereocenters. The van der Waals surface area contributed by atoms with Crippen LogP contribution in [0.25, 0.3) is 27.9 Å². The number of aromatic amines is 1. The van der Waals surface area contributed by atoms with Crippen molar-refractivity contribution in [2.24, 2.45) is 0 Å². The molecular formula is C29H27N9O2S. The highest BCUT2D eigenvalue weighted by Crippen LogP contribution is 2.33. The highest BCUT2D eigenvalue weighted by atomic mass is 32.1. The predicted octanol–water partition coefficient (Wildman–Crippen LogP) is 4.42. The highest BCUT2D eigenvalue weighted by Gasteiger charge is 2.23. The Morgan fingerprint density at radius 1 is 0.951 bits per heavy atom. The van der Waals surface area contributed by atoms with Crippen LogP contribution in [0, 0.1) is 0 Å². The number of H-pyrrole nitrogens is 1. The van der Waals surface area contributed by atoms with Crippen LogP contribution in [-0.2, 0) is 13.1 Å². The maximum Gasteiger partial charge on any atom is 0.231 e. The van der Waals surface area contributed by atoms with Gasteiger partial charge in [0.05, 0.1) is 23.3 Å². The third-order valence-corrected chi connectivity index (χ3v) is 8.20. The van der Waals surface area contributed by atoms with Crippen molar-refractivity contribution in [3.8, 4) is 17.2 Å². The Morgan fingerprint density at radius 2 is 1.85 bits per heavy atom. The van der Waals surface area contributed by atoms with Crippen molar-refractivity contribution in [3.63, 3.8) is 0 Å². The van der Waals surface area contributed by atoms with Gasteiger partial charge in [-0.3, -0.25) is 9.47 Å². The number of nitrogens with one attached hydrogen (secondary N) is 2. The molecule has 1 fully saturated rings. The van der Waals surface area contributed by atoms with Crippen LogP contribution in [0.15, 0.2) is 65.6 Å². The van der Waals surface area contributed by atoms with E-state index in [0.29, 0.717) is 25.1 Å². The molecule has 41 heavy (non-hydrogen) atoms.